The molecule has 0 aromatic heterocycles. The third-order valence-corrected chi connectivity index (χ3v) is 5.53. The Morgan fingerprint density at radius 2 is 1.71 bits per heavy atom. The summed E-state index contributed by atoms with van der Waals surface area (Å²) in [6.07, 6.45) is 10.3. The van der Waals surface area contributed by atoms with Gasteiger partial charge in [-0.2, -0.15) is 0 Å². The molecule has 0 unspecified atom stereocenters. The Balaban J connectivity index is 1.67. The average molecular weight is 419 g/mol. The lowest BCUT2D eigenvalue weighted by atomic mass is 9.84. The lowest BCUT2D eigenvalue weighted by Crippen LogP contribution is -2.04. The third-order valence-electron chi connectivity index (χ3n) is 5.22. The minimum absolute atomic E-state index is 0.216. The van der Waals surface area contributed by atoms with Crippen molar-refractivity contribution in [2.45, 2.75) is 57.8 Å². The maximum absolute atomic E-state index is 6.10. The van der Waals surface area contributed by atoms with Crippen molar-refractivity contribution in [1.29, 1.82) is 0 Å². The smallest absolute Gasteiger partial charge is 0.127 e. The van der Waals surface area contributed by atoms with Crippen molar-refractivity contribution in [3.05, 3.63) is 64.2 Å². The maximum atomic E-state index is 6.10. The number of halogens is 2. The Bertz CT molecular complexity index is 774. The van der Waals surface area contributed by atoms with Crippen molar-refractivity contribution in [2.75, 3.05) is 6.61 Å². The van der Waals surface area contributed by atoms with Gasteiger partial charge in [0.1, 0.15) is 28.3 Å². The maximum Gasteiger partial charge on any atom is 0.127 e. The molecule has 0 heterocycles. The first-order valence-corrected chi connectivity index (χ1v) is 11.0. The van der Waals surface area contributed by atoms with E-state index in [1.54, 1.807) is 6.08 Å². The van der Waals surface area contributed by atoms with Gasteiger partial charge >= 0.3 is 0 Å². The van der Waals surface area contributed by atoms with Crippen LogP contribution in [-0.4, -0.2) is 6.61 Å². The number of hydrogen-bond donors (Lipinski definition) is 0. The highest BCUT2D eigenvalue weighted by Crippen LogP contribution is 2.34. The second-order valence-electron chi connectivity index (χ2n) is 7.33. The van der Waals surface area contributed by atoms with Crippen LogP contribution in [0.25, 0.3) is 0 Å². The number of aryl methyl sites for hydroxylation is 1. The Labute approximate surface area is 178 Å². The molecule has 150 valence electrons. The molecule has 1 fully saturated rings. The number of hydrogen-bond acceptors (Lipinski definition) is 2. The highest BCUT2D eigenvalue weighted by molar-refractivity contribution is 6.55. The van der Waals surface area contributed by atoms with E-state index in [0.29, 0.717) is 12.5 Å². The first-order chi connectivity index (χ1) is 13.7. The second-order valence-corrected chi connectivity index (χ2v) is 8.34. The van der Waals surface area contributed by atoms with Crippen molar-refractivity contribution >= 4 is 23.2 Å². The van der Waals surface area contributed by atoms with Gasteiger partial charge in [-0.15, -0.1) is 0 Å². The summed E-state index contributed by atoms with van der Waals surface area (Å²) >= 11 is 11.3. The third kappa shape index (κ3) is 6.18. The molecule has 0 atom stereocenters. The molecule has 1 aliphatic carbocycles. The summed E-state index contributed by atoms with van der Waals surface area (Å²) in [5, 5.41) is 0. The minimum Gasteiger partial charge on any atom is -0.489 e. The summed E-state index contributed by atoms with van der Waals surface area (Å²) in [5.41, 5.74) is 2.56. The summed E-state index contributed by atoms with van der Waals surface area (Å²) < 4.78 is 12.1. The lowest BCUT2D eigenvalue weighted by Gasteiger charge is -2.22. The Hall–Kier alpha value is -1.64. The number of benzene rings is 2. The zero-order valence-corrected chi connectivity index (χ0v) is 17.9. The van der Waals surface area contributed by atoms with Crippen LogP contribution in [0.1, 0.15) is 62.5 Å². The van der Waals surface area contributed by atoms with Crippen molar-refractivity contribution < 1.29 is 9.47 Å². The van der Waals surface area contributed by atoms with Crippen LogP contribution in [0.2, 0.25) is 0 Å². The molecule has 2 aromatic carbocycles. The predicted octanol–water partition coefficient (Wildman–Crippen LogP) is 8.18. The standard InChI is InChI=1S/C24H28Cl2O2/c1-2-6-20-17-22(13-14-23(20)27-16-15-24(25)26)28-21-11-9-19(10-12-21)18-7-4-3-5-8-18/h9-15,17-18H,2-8,16H2,1H3. The molecule has 0 radical (unpaired) electrons. The second kappa shape index (κ2) is 10.8. The molecule has 0 aliphatic heterocycles. The molecule has 2 aromatic rings. The molecule has 0 N–H and O–H groups in total. The van der Waals surface area contributed by atoms with Gasteiger partial charge in [0.05, 0.1) is 0 Å². The first kappa shape index (κ1) is 21.1. The summed E-state index contributed by atoms with van der Waals surface area (Å²) in [6.45, 7) is 2.50. The van der Waals surface area contributed by atoms with Gasteiger partial charge in [-0.1, -0.05) is 67.9 Å². The van der Waals surface area contributed by atoms with E-state index in [2.05, 4.69) is 37.3 Å². The van der Waals surface area contributed by atoms with Crippen molar-refractivity contribution in [3.8, 4) is 17.2 Å². The molecule has 2 nitrogen and oxygen atoms in total. The zero-order chi connectivity index (χ0) is 19.8. The van der Waals surface area contributed by atoms with E-state index in [4.69, 9.17) is 32.7 Å². The summed E-state index contributed by atoms with van der Waals surface area (Å²) in [4.78, 5) is 0. The molecule has 28 heavy (non-hydrogen) atoms. The molecule has 4 heteroatoms. The Kier molecular flexibility index (Phi) is 8.12. The molecule has 1 saturated carbocycles. The van der Waals surface area contributed by atoms with E-state index < -0.39 is 0 Å². The fourth-order valence-corrected chi connectivity index (χ4v) is 3.93. The molecular formula is C24H28Cl2O2. The van der Waals surface area contributed by atoms with Gasteiger partial charge in [0.2, 0.25) is 0 Å². The highest BCUT2D eigenvalue weighted by Gasteiger charge is 2.15. The van der Waals surface area contributed by atoms with E-state index in [-0.39, 0.29) is 4.49 Å². The Morgan fingerprint density at radius 3 is 2.39 bits per heavy atom. The van der Waals surface area contributed by atoms with E-state index in [1.165, 1.54) is 37.7 Å². The molecule has 3 rings (SSSR count). The van der Waals surface area contributed by atoms with Gasteiger partial charge in [-0.25, -0.2) is 0 Å². The molecule has 0 bridgehead atoms. The van der Waals surface area contributed by atoms with Gasteiger partial charge < -0.3 is 9.47 Å². The van der Waals surface area contributed by atoms with Crippen LogP contribution < -0.4 is 9.47 Å². The quantitative estimate of drug-likeness (QED) is 0.430. The van der Waals surface area contributed by atoms with Crippen LogP contribution in [0, 0.1) is 0 Å². The van der Waals surface area contributed by atoms with Gasteiger partial charge in [-0.05, 0) is 72.7 Å². The van der Waals surface area contributed by atoms with Crippen LogP contribution >= 0.6 is 23.2 Å². The fourth-order valence-electron chi connectivity index (χ4n) is 3.80. The monoisotopic (exact) mass is 418 g/mol. The van der Waals surface area contributed by atoms with Crippen LogP contribution in [0.3, 0.4) is 0 Å². The summed E-state index contributed by atoms with van der Waals surface area (Å²) in [6, 6.07) is 14.6. The van der Waals surface area contributed by atoms with Crippen molar-refractivity contribution in [2.24, 2.45) is 0 Å². The molecule has 0 spiro atoms. The topological polar surface area (TPSA) is 18.5 Å². The molecule has 1 aliphatic rings. The minimum atomic E-state index is 0.216. The van der Waals surface area contributed by atoms with Crippen molar-refractivity contribution in [1.82, 2.24) is 0 Å². The highest BCUT2D eigenvalue weighted by atomic mass is 35.5. The zero-order valence-electron chi connectivity index (χ0n) is 16.4. The van der Waals surface area contributed by atoms with Crippen LogP contribution in [0.15, 0.2) is 53.0 Å². The van der Waals surface area contributed by atoms with E-state index in [1.807, 2.05) is 12.1 Å². The van der Waals surface area contributed by atoms with Gasteiger partial charge in [-0.3, -0.25) is 0 Å². The van der Waals surface area contributed by atoms with Crippen LogP contribution in [-0.2, 0) is 6.42 Å². The first-order valence-electron chi connectivity index (χ1n) is 10.2. The van der Waals surface area contributed by atoms with E-state index in [9.17, 15) is 0 Å². The molecule has 0 saturated heterocycles. The summed E-state index contributed by atoms with van der Waals surface area (Å²) in [7, 11) is 0. The predicted molar refractivity (Wildman–Crippen MR) is 118 cm³/mol. The SMILES string of the molecule is CCCc1cc(Oc2ccc(C3CCCCC3)cc2)ccc1OCC=C(Cl)Cl. The van der Waals surface area contributed by atoms with E-state index >= 15 is 0 Å². The van der Waals surface area contributed by atoms with Crippen LogP contribution in [0.4, 0.5) is 0 Å². The molecule has 0 amide bonds. The number of rotatable bonds is 8. The van der Waals surface area contributed by atoms with Gasteiger partial charge in [0, 0.05) is 0 Å². The van der Waals surface area contributed by atoms with Crippen molar-refractivity contribution in [3.63, 3.8) is 0 Å². The lowest BCUT2D eigenvalue weighted by molar-refractivity contribution is 0.357. The largest absolute Gasteiger partial charge is 0.489 e. The van der Waals surface area contributed by atoms with E-state index in [0.717, 1.165) is 35.7 Å². The van der Waals surface area contributed by atoms with Gasteiger partial charge in [0.15, 0.2) is 0 Å². The van der Waals surface area contributed by atoms with Crippen LogP contribution in [0.5, 0.6) is 17.2 Å². The summed E-state index contributed by atoms with van der Waals surface area (Å²) in [5.74, 6) is 3.25. The average Bonchev–Trinajstić information content (AvgIpc) is 2.71. The number of ether oxygens (including phenoxy) is 2. The normalized spacial score (nSPS) is 14.5. The van der Waals surface area contributed by atoms with Gasteiger partial charge in [0.25, 0.3) is 0 Å². The molecular weight excluding hydrogens is 391 g/mol. The fraction of sp³-hybridized carbons (Fsp3) is 0.417. The Morgan fingerprint density at radius 1 is 1.00 bits per heavy atom.